The van der Waals surface area contributed by atoms with Crippen LogP contribution in [0.4, 0.5) is 0 Å². The number of nitrogens with zero attached hydrogens (tertiary/aromatic N) is 1. The van der Waals surface area contributed by atoms with Gasteiger partial charge in [0.15, 0.2) is 12.7 Å². The molecule has 30 heavy (non-hydrogen) atoms. The van der Waals surface area contributed by atoms with E-state index in [9.17, 15) is 9.59 Å². The Morgan fingerprint density at radius 3 is 2.20 bits per heavy atom. The minimum absolute atomic E-state index is 0.101. The van der Waals surface area contributed by atoms with Crippen LogP contribution in [-0.2, 0) is 14.3 Å². The monoisotopic (exact) mass is 410 g/mol. The lowest BCUT2D eigenvalue weighted by Gasteiger charge is -2.59. The topological polar surface area (TPSA) is 88.4 Å². The van der Waals surface area contributed by atoms with Crippen molar-refractivity contribution in [2.24, 2.45) is 23.2 Å². The average Bonchev–Trinajstić information content (AvgIpc) is 2.71. The van der Waals surface area contributed by atoms with E-state index in [4.69, 9.17) is 14.7 Å². The van der Waals surface area contributed by atoms with Crippen molar-refractivity contribution >= 4 is 11.9 Å². The number of amides is 1. The summed E-state index contributed by atoms with van der Waals surface area (Å²) in [5.74, 6) is 2.11. The van der Waals surface area contributed by atoms with Crippen molar-refractivity contribution in [2.45, 2.75) is 64.5 Å². The molecule has 4 fully saturated rings. The zero-order valence-electron chi connectivity index (χ0n) is 17.7. The molecule has 0 unspecified atom stereocenters. The van der Waals surface area contributed by atoms with E-state index in [1.54, 1.807) is 31.2 Å². The third kappa shape index (κ3) is 4.30. The molecule has 4 bridgehead atoms. The van der Waals surface area contributed by atoms with Crippen molar-refractivity contribution in [2.75, 3.05) is 6.61 Å². The molecule has 4 aliphatic rings. The van der Waals surface area contributed by atoms with Crippen LogP contribution in [0.15, 0.2) is 24.3 Å². The summed E-state index contributed by atoms with van der Waals surface area (Å²) in [4.78, 5) is 24.6. The molecule has 5 rings (SSSR count). The second kappa shape index (κ2) is 8.29. The lowest BCUT2D eigenvalue weighted by Crippen LogP contribution is -2.56. The van der Waals surface area contributed by atoms with E-state index in [-0.39, 0.29) is 24.0 Å². The first-order valence-electron chi connectivity index (χ1n) is 11.0. The molecule has 0 heterocycles. The molecular weight excluding hydrogens is 380 g/mol. The largest absolute Gasteiger partial charge is 0.479 e. The van der Waals surface area contributed by atoms with Gasteiger partial charge in [-0.2, -0.15) is 5.26 Å². The summed E-state index contributed by atoms with van der Waals surface area (Å²) in [6.07, 6.45) is 6.92. The van der Waals surface area contributed by atoms with E-state index >= 15 is 0 Å². The van der Waals surface area contributed by atoms with E-state index in [1.807, 2.05) is 6.07 Å². The third-order valence-corrected chi connectivity index (χ3v) is 7.36. The first kappa shape index (κ1) is 20.7. The average molecular weight is 411 g/mol. The summed E-state index contributed by atoms with van der Waals surface area (Å²) in [6.45, 7) is 3.40. The van der Waals surface area contributed by atoms with E-state index in [0.29, 0.717) is 11.3 Å². The van der Waals surface area contributed by atoms with Crippen LogP contribution in [-0.4, -0.2) is 30.6 Å². The van der Waals surface area contributed by atoms with Crippen molar-refractivity contribution in [3.05, 3.63) is 29.8 Å². The fraction of sp³-hybridized carbons (Fsp3) is 0.625. The lowest BCUT2D eigenvalue weighted by molar-refractivity contribution is -0.155. The van der Waals surface area contributed by atoms with Crippen LogP contribution in [0.1, 0.15) is 57.9 Å². The first-order valence-corrected chi connectivity index (χ1v) is 11.0. The molecule has 1 amide bonds. The van der Waals surface area contributed by atoms with Crippen LogP contribution in [0, 0.1) is 34.5 Å². The molecule has 0 aliphatic heterocycles. The number of ether oxygens (including phenoxy) is 2. The van der Waals surface area contributed by atoms with Crippen LogP contribution in [0.5, 0.6) is 5.75 Å². The number of rotatable bonds is 7. The Bertz CT molecular complexity index is 806. The van der Waals surface area contributed by atoms with Gasteiger partial charge in [0.2, 0.25) is 0 Å². The van der Waals surface area contributed by atoms with E-state index < -0.39 is 12.1 Å². The van der Waals surface area contributed by atoms with Crippen LogP contribution in [0.2, 0.25) is 0 Å². The highest BCUT2D eigenvalue weighted by atomic mass is 16.6. The SMILES string of the molecule is C[C@@H](Oc1ccc(C#N)cc1)C(=O)OCC(=O)N[C@H](C)C12CC3CC(CC(C3)C1)C2. The fourth-order valence-corrected chi connectivity index (χ4v) is 6.26. The zero-order chi connectivity index (χ0) is 21.3. The minimum Gasteiger partial charge on any atom is -0.479 e. The highest BCUT2D eigenvalue weighted by molar-refractivity contribution is 5.82. The van der Waals surface area contributed by atoms with Gasteiger partial charge < -0.3 is 14.8 Å². The maximum absolute atomic E-state index is 12.4. The number of carbonyl (C=O) groups excluding carboxylic acids is 2. The number of nitrogens with one attached hydrogen (secondary N) is 1. The Hall–Kier alpha value is -2.55. The molecule has 0 saturated heterocycles. The quantitative estimate of drug-likeness (QED) is 0.694. The number of nitriles is 1. The summed E-state index contributed by atoms with van der Waals surface area (Å²) in [5, 5.41) is 11.9. The molecule has 0 aromatic heterocycles. The number of esters is 1. The zero-order valence-corrected chi connectivity index (χ0v) is 17.7. The minimum atomic E-state index is -0.841. The predicted octanol–water partition coefficient (Wildman–Crippen LogP) is 3.59. The summed E-state index contributed by atoms with van der Waals surface area (Å²) >= 11 is 0. The van der Waals surface area contributed by atoms with Crippen molar-refractivity contribution in [3.8, 4) is 11.8 Å². The van der Waals surface area contributed by atoms with Gasteiger partial charge in [-0.15, -0.1) is 0 Å². The summed E-state index contributed by atoms with van der Waals surface area (Å²) in [5.41, 5.74) is 0.739. The Balaban J connectivity index is 1.24. The fourth-order valence-electron chi connectivity index (χ4n) is 6.26. The van der Waals surface area contributed by atoms with Gasteiger partial charge in [0.1, 0.15) is 5.75 Å². The van der Waals surface area contributed by atoms with Crippen LogP contribution in [0.25, 0.3) is 0 Å². The van der Waals surface area contributed by atoms with Gasteiger partial charge in [0.25, 0.3) is 5.91 Å². The molecule has 1 aromatic carbocycles. The Morgan fingerprint density at radius 1 is 1.10 bits per heavy atom. The lowest BCUT2D eigenvalue weighted by atomic mass is 9.48. The molecular formula is C24H30N2O4. The van der Waals surface area contributed by atoms with Gasteiger partial charge in [-0.1, -0.05) is 0 Å². The second-order valence-corrected chi connectivity index (χ2v) is 9.57. The molecule has 0 radical (unpaired) electrons. The number of hydrogen-bond acceptors (Lipinski definition) is 5. The van der Waals surface area contributed by atoms with Gasteiger partial charge in [0, 0.05) is 6.04 Å². The van der Waals surface area contributed by atoms with E-state index in [0.717, 1.165) is 17.8 Å². The number of benzene rings is 1. The molecule has 160 valence electrons. The molecule has 1 N–H and O–H groups in total. The number of carbonyl (C=O) groups is 2. The molecule has 6 heteroatoms. The summed E-state index contributed by atoms with van der Waals surface area (Å²) in [6, 6.07) is 8.62. The second-order valence-electron chi connectivity index (χ2n) is 9.57. The molecule has 4 saturated carbocycles. The Morgan fingerprint density at radius 2 is 1.67 bits per heavy atom. The van der Waals surface area contributed by atoms with Gasteiger partial charge >= 0.3 is 5.97 Å². The molecule has 1 aromatic rings. The van der Waals surface area contributed by atoms with Crippen molar-refractivity contribution in [1.82, 2.24) is 5.32 Å². The van der Waals surface area contributed by atoms with Crippen molar-refractivity contribution in [3.63, 3.8) is 0 Å². The van der Waals surface area contributed by atoms with Crippen molar-refractivity contribution in [1.29, 1.82) is 5.26 Å². The Labute approximate surface area is 177 Å². The Kier molecular flexibility index (Phi) is 5.73. The predicted molar refractivity (Wildman–Crippen MR) is 110 cm³/mol. The van der Waals surface area contributed by atoms with E-state index in [2.05, 4.69) is 12.2 Å². The molecule has 6 nitrogen and oxygen atoms in total. The van der Waals surface area contributed by atoms with Gasteiger partial charge in [-0.25, -0.2) is 4.79 Å². The highest BCUT2D eigenvalue weighted by Crippen LogP contribution is 2.61. The normalized spacial score (nSPS) is 30.8. The van der Waals surface area contributed by atoms with Crippen molar-refractivity contribution < 1.29 is 19.1 Å². The van der Waals surface area contributed by atoms with Gasteiger partial charge in [-0.3, -0.25) is 4.79 Å². The van der Waals surface area contributed by atoms with Crippen LogP contribution in [0.3, 0.4) is 0 Å². The smallest absolute Gasteiger partial charge is 0.347 e. The van der Waals surface area contributed by atoms with Gasteiger partial charge in [0.05, 0.1) is 11.6 Å². The maximum atomic E-state index is 12.4. The van der Waals surface area contributed by atoms with Crippen LogP contribution >= 0.6 is 0 Å². The molecule has 2 atom stereocenters. The molecule has 0 spiro atoms. The number of hydrogen-bond donors (Lipinski definition) is 1. The maximum Gasteiger partial charge on any atom is 0.347 e. The van der Waals surface area contributed by atoms with Gasteiger partial charge in [-0.05, 0) is 99.8 Å². The first-order chi connectivity index (χ1) is 14.4. The summed E-state index contributed by atoms with van der Waals surface area (Å²) < 4.78 is 10.7. The molecule has 4 aliphatic carbocycles. The van der Waals surface area contributed by atoms with E-state index in [1.165, 1.54) is 38.5 Å². The van der Waals surface area contributed by atoms with Crippen LogP contribution < -0.4 is 10.1 Å². The standard InChI is InChI=1S/C24H30N2O4/c1-15(30-21-5-3-17(13-25)4-6-21)23(28)29-14-22(27)26-16(2)24-10-18-7-19(11-24)9-20(8-18)12-24/h3-6,15-16,18-20H,7-12,14H2,1-2H3,(H,26,27)/t15-,16-,18?,19?,20?,24?/m1/s1. The highest BCUT2D eigenvalue weighted by Gasteiger charge is 2.53. The third-order valence-electron chi connectivity index (χ3n) is 7.36. The summed E-state index contributed by atoms with van der Waals surface area (Å²) in [7, 11) is 0.